The van der Waals surface area contributed by atoms with Gasteiger partial charge in [-0.05, 0) is 56.9 Å². The summed E-state index contributed by atoms with van der Waals surface area (Å²) in [5.41, 5.74) is 2.27. The van der Waals surface area contributed by atoms with Gasteiger partial charge in [0.2, 0.25) is 5.95 Å². The van der Waals surface area contributed by atoms with Crippen molar-refractivity contribution in [1.29, 1.82) is 0 Å². The zero-order chi connectivity index (χ0) is 20.6. The van der Waals surface area contributed by atoms with Crippen LogP contribution in [0.15, 0.2) is 48.8 Å². The molecule has 2 N–H and O–H groups in total. The van der Waals surface area contributed by atoms with Crippen molar-refractivity contribution >= 4 is 11.8 Å². The topological polar surface area (TPSA) is 66.0 Å². The van der Waals surface area contributed by atoms with E-state index in [9.17, 15) is 8.78 Å². The maximum absolute atomic E-state index is 13.4. The molecule has 152 valence electrons. The average Bonchev–Trinajstić information content (AvgIpc) is 2.72. The summed E-state index contributed by atoms with van der Waals surface area (Å²) >= 11 is 0. The Hall–Kier alpha value is -3.13. The Morgan fingerprint density at radius 2 is 1.72 bits per heavy atom. The summed E-state index contributed by atoms with van der Waals surface area (Å²) in [5, 5.41) is 6.41. The maximum atomic E-state index is 13.4. The Balaban J connectivity index is 1.76. The molecule has 0 saturated heterocycles. The largest absolute Gasteiger partial charge is 0.366 e. The lowest BCUT2D eigenvalue weighted by Crippen LogP contribution is -2.17. The van der Waals surface area contributed by atoms with Gasteiger partial charge in [-0.3, -0.25) is 4.98 Å². The quantitative estimate of drug-likeness (QED) is 0.535. The summed E-state index contributed by atoms with van der Waals surface area (Å²) in [5.74, 6) is -0.634. The number of pyridine rings is 1. The van der Waals surface area contributed by atoms with E-state index >= 15 is 0 Å². The fraction of sp³-hybridized carbons (Fsp3) is 0.286. The molecule has 0 bridgehead atoms. The Kier molecular flexibility index (Phi) is 7.02. The lowest BCUT2D eigenvalue weighted by molar-refractivity contribution is 0.405. The van der Waals surface area contributed by atoms with Gasteiger partial charge in [-0.1, -0.05) is 6.07 Å². The second kappa shape index (κ2) is 9.88. The summed E-state index contributed by atoms with van der Waals surface area (Å²) in [6.45, 7) is 2.00. The minimum absolute atomic E-state index is 0.310. The number of rotatable bonds is 9. The van der Waals surface area contributed by atoms with Crippen molar-refractivity contribution in [2.24, 2.45) is 0 Å². The molecule has 1 aromatic carbocycles. The molecule has 0 aliphatic heterocycles. The predicted molar refractivity (Wildman–Crippen MR) is 111 cm³/mol. The van der Waals surface area contributed by atoms with Gasteiger partial charge in [0.1, 0.15) is 5.82 Å². The SMILES string of the molecule is CN(C)CCCNc1nc(NCc2ccc(F)c(F)c2)cc(-c2ccncc2)n1. The lowest BCUT2D eigenvalue weighted by atomic mass is 10.2. The van der Waals surface area contributed by atoms with Crippen LogP contribution >= 0.6 is 0 Å². The van der Waals surface area contributed by atoms with Crippen LogP contribution in [0.1, 0.15) is 12.0 Å². The van der Waals surface area contributed by atoms with Crippen LogP contribution < -0.4 is 10.6 Å². The second-order valence-corrected chi connectivity index (χ2v) is 6.88. The summed E-state index contributed by atoms with van der Waals surface area (Å²) < 4.78 is 26.6. The van der Waals surface area contributed by atoms with Gasteiger partial charge in [-0.25, -0.2) is 13.8 Å². The number of anilines is 2. The van der Waals surface area contributed by atoms with E-state index in [0.717, 1.165) is 36.8 Å². The van der Waals surface area contributed by atoms with Gasteiger partial charge in [-0.2, -0.15) is 4.98 Å². The van der Waals surface area contributed by atoms with Crippen molar-refractivity contribution in [3.8, 4) is 11.3 Å². The second-order valence-electron chi connectivity index (χ2n) is 6.88. The summed E-state index contributed by atoms with van der Waals surface area (Å²) in [6.07, 6.45) is 4.36. The predicted octanol–water partition coefficient (Wildman–Crippen LogP) is 3.79. The summed E-state index contributed by atoms with van der Waals surface area (Å²) in [6, 6.07) is 9.39. The first-order valence-corrected chi connectivity index (χ1v) is 9.37. The Morgan fingerprint density at radius 1 is 0.931 bits per heavy atom. The van der Waals surface area contributed by atoms with Crippen LogP contribution in [0.4, 0.5) is 20.5 Å². The fourth-order valence-corrected chi connectivity index (χ4v) is 2.73. The molecule has 0 amide bonds. The van der Waals surface area contributed by atoms with E-state index in [2.05, 4.69) is 30.5 Å². The maximum Gasteiger partial charge on any atom is 0.225 e. The molecule has 0 radical (unpaired) electrons. The van der Waals surface area contributed by atoms with Gasteiger partial charge in [0, 0.05) is 37.1 Å². The molecule has 3 rings (SSSR count). The molecular weight excluding hydrogens is 374 g/mol. The van der Waals surface area contributed by atoms with E-state index in [4.69, 9.17) is 0 Å². The van der Waals surface area contributed by atoms with Gasteiger partial charge >= 0.3 is 0 Å². The van der Waals surface area contributed by atoms with Gasteiger partial charge in [0.05, 0.1) is 5.69 Å². The minimum atomic E-state index is -0.868. The molecule has 0 fully saturated rings. The van der Waals surface area contributed by atoms with Crippen LogP contribution in [0.5, 0.6) is 0 Å². The van der Waals surface area contributed by atoms with Gasteiger partial charge in [-0.15, -0.1) is 0 Å². The molecule has 0 aliphatic rings. The Labute approximate surface area is 169 Å². The highest BCUT2D eigenvalue weighted by molar-refractivity contribution is 5.63. The molecule has 6 nitrogen and oxygen atoms in total. The molecule has 0 spiro atoms. The molecule has 2 heterocycles. The molecule has 2 aromatic heterocycles. The van der Waals surface area contributed by atoms with Crippen LogP contribution in [0.25, 0.3) is 11.3 Å². The highest BCUT2D eigenvalue weighted by atomic mass is 19.2. The smallest absolute Gasteiger partial charge is 0.225 e. The van der Waals surface area contributed by atoms with Crippen LogP contribution in [0.3, 0.4) is 0 Å². The van der Waals surface area contributed by atoms with Gasteiger partial charge in [0.15, 0.2) is 11.6 Å². The third kappa shape index (κ3) is 6.18. The van der Waals surface area contributed by atoms with E-state index in [1.165, 1.54) is 12.1 Å². The third-order valence-corrected chi connectivity index (χ3v) is 4.23. The van der Waals surface area contributed by atoms with Crippen molar-refractivity contribution < 1.29 is 8.78 Å². The van der Waals surface area contributed by atoms with Crippen LogP contribution in [0, 0.1) is 11.6 Å². The number of nitrogens with one attached hydrogen (secondary N) is 2. The van der Waals surface area contributed by atoms with E-state index in [1.54, 1.807) is 12.4 Å². The first-order valence-electron chi connectivity index (χ1n) is 9.37. The van der Waals surface area contributed by atoms with Crippen molar-refractivity contribution in [2.75, 3.05) is 37.8 Å². The number of hydrogen-bond donors (Lipinski definition) is 2. The van der Waals surface area contributed by atoms with Crippen LogP contribution in [0.2, 0.25) is 0 Å². The van der Waals surface area contributed by atoms with E-state index in [-0.39, 0.29) is 0 Å². The standard InChI is InChI=1S/C21H24F2N6/c1-29(2)11-3-8-25-21-27-19(16-6-9-24-10-7-16)13-20(28-21)26-14-15-4-5-17(22)18(23)12-15/h4-7,9-10,12-13H,3,8,11,14H2,1-2H3,(H2,25,26,27,28). The molecule has 0 aliphatic carbocycles. The highest BCUT2D eigenvalue weighted by Gasteiger charge is 2.08. The summed E-state index contributed by atoms with van der Waals surface area (Å²) in [7, 11) is 4.06. The van der Waals surface area contributed by atoms with Crippen LogP contribution in [-0.2, 0) is 6.54 Å². The van der Waals surface area contributed by atoms with E-state index in [0.29, 0.717) is 23.9 Å². The van der Waals surface area contributed by atoms with Gasteiger partial charge < -0.3 is 15.5 Å². The van der Waals surface area contributed by atoms with E-state index < -0.39 is 11.6 Å². The average molecular weight is 398 g/mol. The Morgan fingerprint density at radius 3 is 2.45 bits per heavy atom. The molecule has 0 atom stereocenters. The third-order valence-electron chi connectivity index (χ3n) is 4.23. The molecule has 29 heavy (non-hydrogen) atoms. The monoisotopic (exact) mass is 398 g/mol. The van der Waals surface area contributed by atoms with Crippen LogP contribution in [-0.4, -0.2) is 47.0 Å². The molecule has 0 unspecified atom stereocenters. The fourth-order valence-electron chi connectivity index (χ4n) is 2.73. The first kappa shape index (κ1) is 20.6. The normalized spacial score (nSPS) is 10.9. The number of aromatic nitrogens is 3. The summed E-state index contributed by atoms with van der Waals surface area (Å²) in [4.78, 5) is 15.2. The molecule has 0 saturated carbocycles. The number of nitrogens with zero attached hydrogens (tertiary/aromatic N) is 4. The highest BCUT2D eigenvalue weighted by Crippen LogP contribution is 2.21. The molecule has 8 heteroatoms. The van der Waals surface area contributed by atoms with Gasteiger partial charge in [0.25, 0.3) is 0 Å². The Bertz CT molecular complexity index is 934. The molecule has 3 aromatic rings. The number of hydrogen-bond acceptors (Lipinski definition) is 6. The zero-order valence-corrected chi connectivity index (χ0v) is 16.5. The first-order chi connectivity index (χ1) is 14.0. The van der Waals surface area contributed by atoms with Crippen molar-refractivity contribution in [3.63, 3.8) is 0 Å². The van der Waals surface area contributed by atoms with Crippen molar-refractivity contribution in [3.05, 3.63) is 66.0 Å². The molecular formula is C21H24F2N6. The lowest BCUT2D eigenvalue weighted by Gasteiger charge is -2.13. The number of halogens is 2. The van der Waals surface area contributed by atoms with E-state index in [1.807, 2.05) is 32.3 Å². The van der Waals surface area contributed by atoms with Crippen molar-refractivity contribution in [1.82, 2.24) is 19.9 Å². The number of benzene rings is 1. The minimum Gasteiger partial charge on any atom is -0.366 e. The zero-order valence-electron chi connectivity index (χ0n) is 16.5. The van der Waals surface area contributed by atoms with Crippen molar-refractivity contribution in [2.45, 2.75) is 13.0 Å².